The Bertz CT molecular complexity index is 1000. The summed E-state index contributed by atoms with van der Waals surface area (Å²) in [5, 5.41) is 3.72. The lowest BCUT2D eigenvalue weighted by atomic mass is 10.0. The van der Waals surface area contributed by atoms with Crippen LogP contribution in [-0.4, -0.2) is 15.8 Å². The summed E-state index contributed by atoms with van der Waals surface area (Å²) in [6.45, 7) is 3.72. The number of fused-ring (bicyclic) bond motifs is 1. The number of rotatable bonds is 4. The normalized spacial score (nSPS) is 12.4. The van der Waals surface area contributed by atoms with Crippen molar-refractivity contribution in [3.63, 3.8) is 0 Å². The van der Waals surface area contributed by atoms with Crippen LogP contribution < -0.4 is 10.9 Å². The molecule has 0 aliphatic carbocycles. The molecule has 4 nitrogen and oxygen atoms in total. The zero-order valence-electron chi connectivity index (χ0n) is 14.6. The molecule has 1 atom stereocenters. The predicted octanol–water partition coefficient (Wildman–Crippen LogP) is 4.28. The van der Waals surface area contributed by atoms with Crippen LogP contribution in [0.5, 0.6) is 0 Å². The van der Waals surface area contributed by atoms with Crippen LogP contribution in [0.1, 0.15) is 24.4 Å². The molecule has 0 radical (unpaired) electrons. The van der Waals surface area contributed by atoms with Crippen LogP contribution in [0.15, 0.2) is 46.1 Å². The largest absolute Gasteiger partial charge is 0.378 e. The monoisotopic (exact) mass is 357 g/mol. The number of anilines is 1. The highest BCUT2D eigenvalue weighted by Gasteiger charge is 2.17. The summed E-state index contributed by atoms with van der Waals surface area (Å²) in [5.74, 6) is 0.166. The molecule has 0 bridgehead atoms. The minimum Gasteiger partial charge on any atom is -0.378 e. The van der Waals surface area contributed by atoms with Gasteiger partial charge in [0.1, 0.15) is 11.6 Å². The summed E-state index contributed by atoms with van der Waals surface area (Å²) in [7, 11) is 1.64. The van der Waals surface area contributed by atoms with Gasteiger partial charge in [-0.25, -0.2) is 9.37 Å². The smallest absolute Gasteiger partial charge is 0.261 e. The second-order valence-corrected chi connectivity index (χ2v) is 6.83. The maximum Gasteiger partial charge on any atom is 0.261 e. The van der Waals surface area contributed by atoms with E-state index in [-0.39, 0.29) is 11.6 Å². The molecular weight excluding hydrogens is 337 g/mol. The number of aryl methyl sites for hydroxylation is 1. The summed E-state index contributed by atoms with van der Waals surface area (Å²) >= 11 is 1.64. The highest BCUT2D eigenvalue weighted by molar-refractivity contribution is 7.98. The van der Waals surface area contributed by atoms with E-state index in [1.807, 2.05) is 37.4 Å². The first-order valence-corrected chi connectivity index (χ1v) is 9.21. The number of nitrogens with one attached hydrogen (secondary N) is 1. The van der Waals surface area contributed by atoms with E-state index >= 15 is 0 Å². The van der Waals surface area contributed by atoms with Crippen LogP contribution in [0.3, 0.4) is 0 Å². The Morgan fingerprint density at radius 2 is 2.00 bits per heavy atom. The topological polar surface area (TPSA) is 46.9 Å². The van der Waals surface area contributed by atoms with Gasteiger partial charge in [0.15, 0.2) is 0 Å². The van der Waals surface area contributed by atoms with Gasteiger partial charge >= 0.3 is 0 Å². The molecule has 6 heteroatoms. The molecule has 0 aliphatic rings. The van der Waals surface area contributed by atoms with Gasteiger partial charge in [-0.1, -0.05) is 12.1 Å². The molecule has 1 heterocycles. The maximum absolute atomic E-state index is 14.1. The first-order valence-electron chi connectivity index (χ1n) is 7.98. The molecule has 0 amide bonds. The Morgan fingerprint density at radius 1 is 1.28 bits per heavy atom. The van der Waals surface area contributed by atoms with Gasteiger partial charge in [0.2, 0.25) is 0 Å². The van der Waals surface area contributed by atoms with Crippen molar-refractivity contribution in [3.8, 4) is 0 Å². The number of para-hydroxylation sites is 1. The molecule has 1 unspecified atom stereocenters. The quantitative estimate of drug-likeness (QED) is 0.708. The van der Waals surface area contributed by atoms with E-state index in [9.17, 15) is 9.18 Å². The van der Waals surface area contributed by atoms with Crippen molar-refractivity contribution in [2.24, 2.45) is 7.05 Å². The Balaban J connectivity index is 2.13. The van der Waals surface area contributed by atoms with E-state index in [4.69, 9.17) is 0 Å². The molecule has 25 heavy (non-hydrogen) atoms. The van der Waals surface area contributed by atoms with Crippen molar-refractivity contribution in [3.05, 3.63) is 64.0 Å². The van der Waals surface area contributed by atoms with Crippen molar-refractivity contribution in [2.45, 2.75) is 24.8 Å². The number of halogens is 1. The van der Waals surface area contributed by atoms with Gasteiger partial charge in [-0.3, -0.25) is 9.36 Å². The first-order chi connectivity index (χ1) is 11.9. The fraction of sp³-hybridized carbons (Fsp3) is 0.263. The van der Waals surface area contributed by atoms with Crippen LogP contribution >= 0.6 is 11.8 Å². The number of hydrogen-bond acceptors (Lipinski definition) is 4. The van der Waals surface area contributed by atoms with Gasteiger partial charge < -0.3 is 5.32 Å². The summed E-state index contributed by atoms with van der Waals surface area (Å²) in [6, 6.07) is 10.5. The third-order valence-corrected chi connectivity index (χ3v) is 5.14. The van der Waals surface area contributed by atoms with Gasteiger partial charge in [-0.15, -0.1) is 11.8 Å². The molecule has 130 valence electrons. The number of benzene rings is 2. The minimum absolute atomic E-state index is 0.203. The van der Waals surface area contributed by atoms with Gasteiger partial charge in [-0.2, -0.15) is 0 Å². The van der Waals surface area contributed by atoms with E-state index in [0.29, 0.717) is 22.3 Å². The molecule has 0 spiro atoms. The summed E-state index contributed by atoms with van der Waals surface area (Å²) in [5.41, 5.74) is 1.95. The fourth-order valence-corrected chi connectivity index (χ4v) is 3.44. The molecule has 1 N–H and O–H groups in total. The van der Waals surface area contributed by atoms with Crippen molar-refractivity contribution >= 4 is 28.4 Å². The highest BCUT2D eigenvalue weighted by atomic mass is 32.2. The minimum atomic E-state index is -0.433. The van der Waals surface area contributed by atoms with Crippen LogP contribution in [0.25, 0.3) is 10.9 Å². The molecule has 0 fully saturated rings. The molecule has 0 aliphatic heterocycles. The lowest BCUT2D eigenvalue weighted by Crippen LogP contribution is -2.22. The summed E-state index contributed by atoms with van der Waals surface area (Å²) in [4.78, 5) is 18.1. The standard InChI is InChI=1S/C19H20FN3OS/c1-11(21-16-7-5-6-8-17(16)25-4)14-9-13(20)10-15-18(14)22-12(2)23(3)19(15)24/h5-11,21H,1-4H3. The predicted molar refractivity (Wildman–Crippen MR) is 102 cm³/mol. The zero-order valence-corrected chi connectivity index (χ0v) is 15.4. The Morgan fingerprint density at radius 3 is 2.72 bits per heavy atom. The highest BCUT2D eigenvalue weighted by Crippen LogP contribution is 2.30. The maximum atomic E-state index is 14.1. The van der Waals surface area contributed by atoms with E-state index in [1.165, 1.54) is 16.7 Å². The fourth-order valence-electron chi connectivity index (χ4n) is 2.88. The average Bonchev–Trinajstić information content (AvgIpc) is 2.60. The number of nitrogens with zero attached hydrogens (tertiary/aromatic N) is 2. The number of thioether (sulfide) groups is 1. The number of hydrogen-bond donors (Lipinski definition) is 1. The van der Waals surface area contributed by atoms with Gasteiger partial charge in [0.25, 0.3) is 5.56 Å². The van der Waals surface area contributed by atoms with Crippen LogP contribution in [-0.2, 0) is 7.05 Å². The van der Waals surface area contributed by atoms with Gasteiger partial charge in [-0.05, 0) is 44.4 Å². The molecular formula is C19H20FN3OS. The van der Waals surface area contributed by atoms with Crippen LogP contribution in [0.2, 0.25) is 0 Å². The lowest BCUT2D eigenvalue weighted by molar-refractivity contribution is 0.625. The van der Waals surface area contributed by atoms with Crippen molar-refractivity contribution in [1.82, 2.24) is 9.55 Å². The third kappa shape index (κ3) is 3.26. The molecule has 3 rings (SSSR count). The van der Waals surface area contributed by atoms with Crippen LogP contribution in [0.4, 0.5) is 10.1 Å². The zero-order chi connectivity index (χ0) is 18.1. The van der Waals surface area contributed by atoms with Crippen molar-refractivity contribution in [2.75, 3.05) is 11.6 Å². The molecule has 0 saturated heterocycles. The van der Waals surface area contributed by atoms with E-state index in [2.05, 4.69) is 10.3 Å². The first kappa shape index (κ1) is 17.5. The second-order valence-electron chi connectivity index (χ2n) is 5.98. The molecule has 1 aromatic heterocycles. The summed E-state index contributed by atoms with van der Waals surface area (Å²) in [6.07, 6.45) is 2.01. The Labute approximate surface area is 150 Å². The van der Waals surface area contributed by atoms with E-state index in [1.54, 1.807) is 25.7 Å². The van der Waals surface area contributed by atoms with E-state index in [0.717, 1.165) is 10.6 Å². The molecule has 0 saturated carbocycles. The molecule has 2 aromatic carbocycles. The number of aromatic nitrogens is 2. The van der Waals surface area contributed by atoms with Crippen LogP contribution in [0, 0.1) is 12.7 Å². The Hall–Kier alpha value is -2.34. The van der Waals surface area contributed by atoms with Gasteiger partial charge in [0, 0.05) is 23.2 Å². The Kier molecular flexibility index (Phi) is 4.81. The third-order valence-electron chi connectivity index (χ3n) is 4.34. The summed E-state index contributed by atoms with van der Waals surface area (Å²) < 4.78 is 15.6. The van der Waals surface area contributed by atoms with E-state index < -0.39 is 5.82 Å². The average molecular weight is 357 g/mol. The second kappa shape index (κ2) is 6.88. The van der Waals surface area contributed by atoms with Gasteiger partial charge in [0.05, 0.1) is 16.9 Å². The lowest BCUT2D eigenvalue weighted by Gasteiger charge is -2.19. The SMILES string of the molecule is CSc1ccccc1NC(C)c1cc(F)cc2c(=O)n(C)c(C)nc12. The van der Waals surface area contributed by atoms with Crippen molar-refractivity contribution < 1.29 is 4.39 Å². The van der Waals surface area contributed by atoms with Crippen molar-refractivity contribution in [1.29, 1.82) is 0 Å². The molecule has 3 aromatic rings.